The summed E-state index contributed by atoms with van der Waals surface area (Å²) < 4.78 is 65.8. The van der Waals surface area contributed by atoms with Crippen LogP contribution in [0, 0.1) is 0 Å². The van der Waals surface area contributed by atoms with E-state index < -0.39 is 31.6 Å². The Hall–Kier alpha value is -0.610. The first-order chi connectivity index (χ1) is 11.1. The van der Waals surface area contributed by atoms with Gasteiger partial charge in [-0.05, 0) is 48.9 Å². The Morgan fingerprint density at radius 3 is 2.83 bits per heavy atom. The number of para-hydroxylation sites is 1. The first-order valence-electron chi connectivity index (χ1n) is 8.02. The third kappa shape index (κ3) is 4.58. The van der Waals surface area contributed by atoms with Crippen molar-refractivity contribution < 1.29 is 28.2 Å². The van der Waals surface area contributed by atoms with Crippen molar-refractivity contribution >= 4 is 34.9 Å². The second kappa shape index (κ2) is 6.53. The molecule has 1 aromatic rings. The molecular formula is C11H14ClO4PS. The third-order valence-corrected chi connectivity index (χ3v) is 3.87. The largest absolute Gasteiger partial charge is 0.459 e. The Kier molecular flexibility index (Phi) is 2.85. The molecule has 0 aliphatic rings. The minimum atomic E-state index is -3.47. The molecule has 18 heavy (non-hydrogen) atoms. The number of carbonyl (C=O) groups is 1. The standard InChI is InChI=1S/C11H14ClO4PS/c1-8(2)15-11(13)9-6-4-5-7-10(9)16-17(12,18)14-3/h4-8H,1-3H3/i1D3,2D3,8D. The number of halogens is 1. The van der Waals surface area contributed by atoms with Crippen molar-refractivity contribution in [1.29, 1.82) is 0 Å². The molecule has 1 rings (SSSR count). The molecule has 0 aromatic heterocycles. The summed E-state index contributed by atoms with van der Waals surface area (Å²) in [5.41, 5.74) is -0.348. The lowest BCUT2D eigenvalue weighted by molar-refractivity contribution is 0.0376. The second-order valence-electron chi connectivity index (χ2n) is 2.92. The minimum absolute atomic E-state index is 0.189. The maximum absolute atomic E-state index is 12.3. The molecule has 7 heteroatoms. The topological polar surface area (TPSA) is 44.8 Å². The number of carbonyl (C=O) groups excluding carboxylic acids is 1. The fourth-order valence-corrected chi connectivity index (χ4v) is 1.95. The Morgan fingerprint density at radius 1 is 1.56 bits per heavy atom. The van der Waals surface area contributed by atoms with Crippen LogP contribution < -0.4 is 4.52 Å². The van der Waals surface area contributed by atoms with Gasteiger partial charge in [0.05, 0.1) is 7.45 Å². The maximum Gasteiger partial charge on any atom is 0.342 e. The van der Waals surface area contributed by atoms with Gasteiger partial charge in [0.25, 0.3) is 0 Å². The minimum Gasteiger partial charge on any atom is -0.459 e. The zero-order valence-electron chi connectivity index (χ0n) is 16.2. The molecule has 1 unspecified atom stereocenters. The van der Waals surface area contributed by atoms with Crippen LogP contribution in [0.3, 0.4) is 0 Å². The van der Waals surface area contributed by atoms with Gasteiger partial charge in [-0.15, -0.1) is 0 Å². The van der Waals surface area contributed by atoms with Crippen LogP contribution in [0.15, 0.2) is 24.3 Å². The maximum atomic E-state index is 12.3. The van der Waals surface area contributed by atoms with Gasteiger partial charge in [-0.2, -0.15) is 0 Å². The van der Waals surface area contributed by atoms with Crippen LogP contribution in [0.4, 0.5) is 0 Å². The van der Waals surface area contributed by atoms with Crippen LogP contribution in [-0.4, -0.2) is 19.2 Å². The van der Waals surface area contributed by atoms with Crippen LogP contribution in [0.1, 0.15) is 33.7 Å². The van der Waals surface area contributed by atoms with Crippen molar-refractivity contribution in [2.24, 2.45) is 0 Å². The first kappa shape index (κ1) is 7.85. The molecule has 1 atom stereocenters. The van der Waals surface area contributed by atoms with E-state index in [2.05, 4.69) is 4.74 Å². The summed E-state index contributed by atoms with van der Waals surface area (Å²) in [5.74, 6) is -4.83. The highest BCUT2D eigenvalue weighted by molar-refractivity contribution is 8.22. The molecule has 4 nitrogen and oxygen atoms in total. The van der Waals surface area contributed by atoms with Gasteiger partial charge in [-0.25, -0.2) is 4.79 Å². The Morgan fingerprint density at radius 2 is 2.22 bits per heavy atom. The summed E-state index contributed by atoms with van der Waals surface area (Å²) in [7, 11) is 1.20. The van der Waals surface area contributed by atoms with Gasteiger partial charge in [0, 0.05) is 15.3 Å². The highest BCUT2D eigenvalue weighted by atomic mass is 35.7. The average Bonchev–Trinajstić information content (AvgIpc) is 2.45. The first-order valence-corrected chi connectivity index (χ1v) is 8.06. The van der Waals surface area contributed by atoms with Crippen LogP contribution in [0.2, 0.25) is 0 Å². The predicted octanol–water partition coefficient (Wildman–Crippen LogP) is 3.74. The van der Waals surface area contributed by atoms with E-state index in [1.54, 1.807) is 0 Å². The van der Waals surface area contributed by atoms with Crippen molar-refractivity contribution in [2.45, 2.75) is 19.8 Å². The monoisotopic (exact) mass is 315 g/mol. The number of hydrogen-bond acceptors (Lipinski definition) is 5. The molecule has 0 N–H and O–H groups in total. The summed E-state index contributed by atoms with van der Waals surface area (Å²) in [5, 5.41) is 0. The SMILES string of the molecule is [2H]C([2H])([2H])C([2H])(OC(=O)c1ccccc1OP(=S)(Cl)OC)C([2H])([2H])[2H]. The fourth-order valence-electron chi connectivity index (χ4n) is 1.02. The van der Waals surface area contributed by atoms with Crippen LogP contribution in [-0.2, 0) is 21.1 Å². The van der Waals surface area contributed by atoms with Gasteiger partial charge in [-0.3, -0.25) is 0 Å². The summed E-state index contributed by atoms with van der Waals surface area (Å²) in [6, 6.07) is 5.33. The third-order valence-electron chi connectivity index (χ3n) is 1.73. The van der Waals surface area contributed by atoms with Crippen molar-refractivity contribution in [3.05, 3.63) is 29.8 Å². The molecule has 0 spiro atoms. The zero-order chi connectivity index (χ0) is 19.7. The Bertz CT molecular complexity index is 680. The zero-order valence-corrected chi connectivity index (χ0v) is 11.6. The van der Waals surface area contributed by atoms with Gasteiger partial charge >= 0.3 is 11.8 Å². The lowest BCUT2D eigenvalue weighted by Crippen LogP contribution is -2.12. The van der Waals surface area contributed by atoms with Gasteiger partial charge in [0.15, 0.2) is 0 Å². The molecule has 0 saturated heterocycles. The molecule has 0 saturated carbocycles. The van der Waals surface area contributed by atoms with Crippen molar-refractivity contribution in [3.8, 4) is 5.75 Å². The number of ether oxygens (including phenoxy) is 1. The predicted molar refractivity (Wildman–Crippen MR) is 74.8 cm³/mol. The van der Waals surface area contributed by atoms with E-state index in [4.69, 9.17) is 41.7 Å². The molecule has 100 valence electrons. The van der Waals surface area contributed by atoms with Gasteiger partial charge < -0.3 is 13.8 Å². The van der Waals surface area contributed by atoms with E-state index in [-0.39, 0.29) is 11.3 Å². The molecular weight excluding hydrogens is 295 g/mol. The van der Waals surface area contributed by atoms with E-state index in [1.165, 1.54) is 31.4 Å². The van der Waals surface area contributed by atoms with Crippen molar-refractivity contribution in [3.63, 3.8) is 0 Å². The van der Waals surface area contributed by atoms with E-state index in [1.807, 2.05) is 0 Å². The summed E-state index contributed by atoms with van der Waals surface area (Å²) in [6.07, 6.45) is -3.47. The molecule has 0 bridgehead atoms. The highest BCUT2D eigenvalue weighted by Gasteiger charge is 2.21. The number of hydrogen-bond donors (Lipinski definition) is 0. The quantitative estimate of drug-likeness (QED) is 0.612. The molecule has 0 aliphatic heterocycles. The number of benzene rings is 1. The lowest BCUT2D eigenvalue weighted by Gasteiger charge is -2.16. The van der Waals surface area contributed by atoms with Crippen LogP contribution in [0.5, 0.6) is 5.75 Å². The molecule has 0 heterocycles. The molecule has 0 amide bonds. The Balaban J connectivity index is 3.27. The van der Waals surface area contributed by atoms with Crippen LogP contribution >= 0.6 is 17.1 Å². The van der Waals surface area contributed by atoms with Crippen molar-refractivity contribution in [2.75, 3.05) is 7.11 Å². The van der Waals surface area contributed by atoms with Crippen LogP contribution in [0.25, 0.3) is 0 Å². The summed E-state index contributed by atoms with van der Waals surface area (Å²) >= 11 is 10.7. The highest BCUT2D eigenvalue weighted by Crippen LogP contribution is 2.53. The summed E-state index contributed by atoms with van der Waals surface area (Å²) in [6.45, 7) is -6.84. The van der Waals surface area contributed by atoms with E-state index in [9.17, 15) is 4.79 Å². The van der Waals surface area contributed by atoms with Gasteiger partial charge in [0.1, 0.15) is 11.3 Å². The lowest BCUT2D eigenvalue weighted by atomic mass is 10.2. The number of esters is 1. The Labute approximate surface area is 126 Å². The van der Waals surface area contributed by atoms with Gasteiger partial charge in [0.2, 0.25) is 0 Å². The normalized spacial score (nSPS) is 21.8. The summed E-state index contributed by atoms with van der Waals surface area (Å²) in [4.78, 5) is 12.3. The van der Waals surface area contributed by atoms with E-state index in [0.717, 1.165) is 0 Å². The molecule has 0 fully saturated rings. The molecule has 1 aromatic carbocycles. The number of rotatable bonds is 5. The molecule has 0 radical (unpaired) electrons. The van der Waals surface area contributed by atoms with Gasteiger partial charge in [-0.1, -0.05) is 12.1 Å². The van der Waals surface area contributed by atoms with E-state index in [0.29, 0.717) is 0 Å². The smallest absolute Gasteiger partial charge is 0.342 e. The fraction of sp³-hybridized carbons (Fsp3) is 0.364. The van der Waals surface area contributed by atoms with E-state index >= 15 is 0 Å². The van der Waals surface area contributed by atoms with Crippen molar-refractivity contribution in [1.82, 2.24) is 0 Å². The average molecular weight is 316 g/mol. The molecule has 0 aliphatic carbocycles. The second-order valence-corrected chi connectivity index (χ2v) is 7.71.